The van der Waals surface area contributed by atoms with E-state index in [4.69, 9.17) is 4.98 Å². The number of rotatable bonds is 0. The van der Waals surface area contributed by atoms with E-state index in [1.54, 1.807) is 0 Å². The van der Waals surface area contributed by atoms with Gasteiger partial charge >= 0.3 is 0 Å². The van der Waals surface area contributed by atoms with Crippen molar-refractivity contribution >= 4 is 27.9 Å². The van der Waals surface area contributed by atoms with Gasteiger partial charge in [0.15, 0.2) is 5.78 Å². The van der Waals surface area contributed by atoms with Crippen LogP contribution in [0.1, 0.15) is 27.6 Å². The van der Waals surface area contributed by atoms with Crippen LogP contribution in [0.25, 0.3) is 22.1 Å². The van der Waals surface area contributed by atoms with Gasteiger partial charge in [-0.1, -0.05) is 0 Å². The van der Waals surface area contributed by atoms with E-state index in [0.717, 1.165) is 52.0 Å². The van der Waals surface area contributed by atoms with Crippen molar-refractivity contribution in [2.45, 2.75) is 19.3 Å². The number of carbonyl (C=O) groups is 1. The maximum atomic E-state index is 12.2. The highest BCUT2D eigenvalue weighted by atomic mass is 16.1. The average Bonchev–Trinajstić information content (AvgIpc) is 3.33. The van der Waals surface area contributed by atoms with Gasteiger partial charge in [0.05, 0.1) is 12.1 Å². The summed E-state index contributed by atoms with van der Waals surface area (Å²) in [7, 11) is 0. The summed E-state index contributed by atoms with van der Waals surface area (Å²) in [5, 5.41) is 0. The molecule has 5 heterocycles. The topological polar surface area (TPSA) is 74.4 Å². The zero-order chi connectivity index (χ0) is 16.8. The lowest BCUT2D eigenvalue weighted by Gasteiger charge is -1.85. The number of fused-ring (bicyclic) bond motifs is 8. The standard InChI is InChI=1S/C20H16N4O/c25-20-11-18-9-16-4-3-14(22-16)7-12-1-2-13(21-12)8-15-5-6-17(23-15)10-19(20)24-18/h3-10,22-23H,1-2,11H2. The highest BCUT2D eigenvalue weighted by molar-refractivity contribution is 5.98. The zero-order valence-electron chi connectivity index (χ0n) is 13.5. The molecular weight excluding hydrogens is 312 g/mol. The SMILES string of the molecule is O=C1Cc2cc3ccc(cc4nc(cc5ccc(cc1n2)[nH]5)CC4)[nH]3. The van der Waals surface area contributed by atoms with Crippen LogP contribution in [0.4, 0.5) is 0 Å². The molecule has 2 N–H and O–H groups in total. The van der Waals surface area contributed by atoms with Crippen molar-refractivity contribution in [1.29, 1.82) is 0 Å². The van der Waals surface area contributed by atoms with Crippen LogP contribution in [-0.4, -0.2) is 25.7 Å². The van der Waals surface area contributed by atoms with Gasteiger partial charge in [0, 0.05) is 33.5 Å². The Morgan fingerprint density at radius 2 is 1.20 bits per heavy atom. The Morgan fingerprint density at radius 3 is 1.80 bits per heavy atom. The maximum absolute atomic E-state index is 12.2. The fourth-order valence-electron chi connectivity index (χ4n) is 3.35. The highest BCUT2D eigenvalue weighted by Crippen LogP contribution is 2.16. The molecule has 3 aromatic heterocycles. The fourth-order valence-corrected chi connectivity index (χ4v) is 3.35. The summed E-state index contributed by atoms with van der Waals surface area (Å²) in [5.41, 5.74) is 7.25. The van der Waals surface area contributed by atoms with Crippen molar-refractivity contribution in [2.75, 3.05) is 0 Å². The minimum atomic E-state index is 0.0491. The van der Waals surface area contributed by atoms with Crippen molar-refractivity contribution < 1.29 is 4.79 Å². The molecule has 0 fully saturated rings. The summed E-state index contributed by atoms with van der Waals surface area (Å²) in [6.45, 7) is 0. The summed E-state index contributed by atoms with van der Waals surface area (Å²) in [5.74, 6) is 0.0491. The number of Topliss-reactive ketones (excluding diaryl/α,β-unsaturated/α-hetero) is 1. The van der Waals surface area contributed by atoms with E-state index in [9.17, 15) is 4.79 Å². The molecule has 0 radical (unpaired) electrons. The third-order valence-electron chi connectivity index (χ3n) is 4.54. The molecule has 0 aromatic carbocycles. The molecule has 8 bridgehead atoms. The molecule has 25 heavy (non-hydrogen) atoms. The summed E-state index contributed by atoms with van der Waals surface area (Å²) in [4.78, 5) is 28.1. The Labute approximate surface area is 143 Å². The van der Waals surface area contributed by atoms with Crippen LogP contribution >= 0.6 is 0 Å². The lowest BCUT2D eigenvalue weighted by atomic mass is 10.2. The number of nitrogens with one attached hydrogen (secondary N) is 2. The third-order valence-corrected chi connectivity index (χ3v) is 4.54. The van der Waals surface area contributed by atoms with Crippen molar-refractivity contribution in [3.05, 3.63) is 71.3 Å². The van der Waals surface area contributed by atoms with E-state index in [0.29, 0.717) is 12.1 Å². The van der Waals surface area contributed by atoms with Crippen molar-refractivity contribution in [3.63, 3.8) is 0 Å². The van der Waals surface area contributed by atoms with Gasteiger partial charge in [-0.2, -0.15) is 0 Å². The first-order valence-electron chi connectivity index (χ1n) is 8.39. The molecule has 0 aliphatic carbocycles. The highest BCUT2D eigenvalue weighted by Gasteiger charge is 2.16. The normalized spacial score (nSPS) is 14.0. The van der Waals surface area contributed by atoms with E-state index < -0.39 is 0 Å². The molecule has 5 nitrogen and oxygen atoms in total. The molecule has 0 amide bonds. The second-order valence-electron chi connectivity index (χ2n) is 6.50. The maximum Gasteiger partial charge on any atom is 0.187 e. The van der Waals surface area contributed by atoms with Crippen LogP contribution in [0.15, 0.2) is 48.5 Å². The van der Waals surface area contributed by atoms with Crippen LogP contribution in [0, 0.1) is 0 Å². The molecule has 2 aliphatic rings. The van der Waals surface area contributed by atoms with Crippen LogP contribution in [0.5, 0.6) is 0 Å². The molecule has 5 heteroatoms. The number of ketones is 1. The predicted octanol–water partition coefficient (Wildman–Crippen LogP) is 3.53. The van der Waals surface area contributed by atoms with Gasteiger partial charge in [0.25, 0.3) is 0 Å². The Hall–Kier alpha value is -3.21. The Bertz CT molecular complexity index is 1150. The molecular formula is C20H16N4O. The lowest BCUT2D eigenvalue weighted by Crippen LogP contribution is -1.93. The van der Waals surface area contributed by atoms with Crippen molar-refractivity contribution in [3.8, 4) is 0 Å². The quantitative estimate of drug-likeness (QED) is 0.663. The zero-order valence-corrected chi connectivity index (χ0v) is 13.5. The monoisotopic (exact) mass is 328 g/mol. The minimum absolute atomic E-state index is 0.0491. The van der Waals surface area contributed by atoms with Gasteiger partial charge < -0.3 is 9.97 Å². The second-order valence-corrected chi connectivity index (χ2v) is 6.50. The molecule has 122 valence electrons. The first-order valence-corrected chi connectivity index (χ1v) is 8.39. The van der Waals surface area contributed by atoms with Crippen LogP contribution < -0.4 is 0 Å². The number of nitrogens with zero attached hydrogens (tertiary/aromatic N) is 2. The van der Waals surface area contributed by atoms with Gasteiger partial charge in [-0.3, -0.25) is 9.78 Å². The smallest absolute Gasteiger partial charge is 0.187 e. The summed E-state index contributed by atoms with van der Waals surface area (Å²) in [6, 6.07) is 15.9. The number of H-pyrrole nitrogens is 2. The number of aromatic amines is 2. The van der Waals surface area contributed by atoms with Crippen LogP contribution in [-0.2, 0) is 19.3 Å². The summed E-state index contributed by atoms with van der Waals surface area (Å²) in [6.07, 6.45) is 2.23. The van der Waals surface area contributed by atoms with Crippen molar-refractivity contribution in [2.24, 2.45) is 0 Å². The van der Waals surface area contributed by atoms with E-state index in [1.165, 1.54) is 0 Å². The van der Waals surface area contributed by atoms with Crippen LogP contribution in [0.2, 0.25) is 0 Å². The molecule has 0 spiro atoms. The first kappa shape index (κ1) is 14.2. The number of hydrogen-bond donors (Lipinski definition) is 2. The molecule has 0 unspecified atom stereocenters. The Balaban J connectivity index is 1.83. The molecule has 5 rings (SSSR count). The number of hydrogen-bond acceptors (Lipinski definition) is 3. The number of carbonyl (C=O) groups excluding carboxylic acids is 1. The predicted molar refractivity (Wildman–Crippen MR) is 96.4 cm³/mol. The molecule has 0 saturated carbocycles. The van der Waals surface area contributed by atoms with E-state index in [-0.39, 0.29) is 5.78 Å². The minimum Gasteiger partial charge on any atom is -0.355 e. The first-order chi connectivity index (χ1) is 12.2. The van der Waals surface area contributed by atoms with E-state index in [2.05, 4.69) is 27.1 Å². The van der Waals surface area contributed by atoms with E-state index in [1.807, 2.05) is 36.4 Å². The molecule has 0 saturated heterocycles. The fraction of sp³-hybridized carbons (Fsp3) is 0.150. The van der Waals surface area contributed by atoms with E-state index >= 15 is 0 Å². The summed E-state index contributed by atoms with van der Waals surface area (Å²) < 4.78 is 0. The largest absolute Gasteiger partial charge is 0.355 e. The third kappa shape index (κ3) is 2.74. The summed E-state index contributed by atoms with van der Waals surface area (Å²) >= 11 is 0. The lowest BCUT2D eigenvalue weighted by molar-refractivity contribution is 0.0998. The van der Waals surface area contributed by atoms with Gasteiger partial charge in [-0.05, 0) is 61.4 Å². The average molecular weight is 328 g/mol. The van der Waals surface area contributed by atoms with Crippen molar-refractivity contribution in [1.82, 2.24) is 19.9 Å². The Morgan fingerprint density at radius 1 is 0.680 bits per heavy atom. The number of aromatic nitrogens is 4. The number of aryl methyl sites for hydroxylation is 2. The van der Waals surface area contributed by atoms with Gasteiger partial charge in [-0.15, -0.1) is 0 Å². The molecule has 3 aromatic rings. The molecule has 2 aliphatic heterocycles. The van der Waals surface area contributed by atoms with Gasteiger partial charge in [0.2, 0.25) is 0 Å². The van der Waals surface area contributed by atoms with Gasteiger partial charge in [-0.25, -0.2) is 4.98 Å². The molecule has 0 atom stereocenters. The second kappa shape index (κ2) is 5.41. The van der Waals surface area contributed by atoms with Gasteiger partial charge in [0.1, 0.15) is 5.69 Å². The van der Waals surface area contributed by atoms with Crippen LogP contribution in [0.3, 0.4) is 0 Å². The Kier molecular flexibility index (Phi) is 3.06.